The Morgan fingerprint density at radius 3 is 2.91 bits per heavy atom. The van der Waals surface area contributed by atoms with Crippen molar-refractivity contribution in [1.82, 2.24) is 9.55 Å². The lowest BCUT2D eigenvalue weighted by Crippen LogP contribution is -2.45. The van der Waals surface area contributed by atoms with E-state index in [0.29, 0.717) is 18.5 Å². The van der Waals surface area contributed by atoms with Crippen LogP contribution in [0.2, 0.25) is 0 Å². The molecule has 120 valence electrons. The molecule has 3 aliphatic rings. The molecule has 1 aromatic heterocycles. The van der Waals surface area contributed by atoms with Crippen molar-refractivity contribution in [2.24, 2.45) is 5.92 Å². The van der Waals surface area contributed by atoms with Gasteiger partial charge in [0.15, 0.2) is 6.29 Å². The molecular formula is C14H19N3O5. The van der Waals surface area contributed by atoms with Gasteiger partial charge in [0.25, 0.3) is 0 Å². The van der Waals surface area contributed by atoms with E-state index in [0.717, 1.165) is 38.7 Å². The van der Waals surface area contributed by atoms with Crippen LogP contribution in [0.1, 0.15) is 32.1 Å². The number of ether oxygens (including phenoxy) is 3. The average Bonchev–Trinajstić information content (AvgIpc) is 3.27. The molecule has 1 aromatic rings. The summed E-state index contributed by atoms with van der Waals surface area (Å²) < 4.78 is 19.3. The van der Waals surface area contributed by atoms with Gasteiger partial charge in [0.2, 0.25) is 0 Å². The van der Waals surface area contributed by atoms with Crippen LogP contribution in [-0.4, -0.2) is 39.6 Å². The van der Waals surface area contributed by atoms with Gasteiger partial charge in [-0.15, -0.1) is 0 Å². The van der Waals surface area contributed by atoms with Gasteiger partial charge in [0.1, 0.15) is 18.4 Å². The van der Waals surface area contributed by atoms with Crippen LogP contribution in [0.5, 0.6) is 6.01 Å². The van der Waals surface area contributed by atoms with Gasteiger partial charge in [-0.3, -0.25) is 4.57 Å². The van der Waals surface area contributed by atoms with Crippen molar-refractivity contribution < 1.29 is 19.1 Å². The summed E-state index contributed by atoms with van der Waals surface area (Å²) in [7, 11) is 0. The van der Waals surface area contributed by atoms with E-state index in [1.807, 2.05) is 0 Å². The summed E-state index contributed by atoms with van der Waals surface area (Å²) in [6.07, 6.45) is 6.29. The maximum atomic E-state index is 10.9. The Bertz CT molecular complexity index is 565. The zero-order valence-electron chi connectivity index (χ0n) is 12.2. The average molecular weight is 309 g/mol. The fourth-order valence-corrected chi connectivity index (χ4v) is 3.15. The van der Waals surface area contributed by atoms with Crippen LogP contribution in [0.15, 0.2) is 6.20 Å². The van der Waals surface area contributed by atoms with Crippen molar-refractivity contribution in [1.29, 1.82) is 0 Å². The Kier molecular flexibility index (Phi) is 3.50. The van der Waals surface area contributed by atoms with Gasteiger partial charge in [-0.2, -0.15) is 0 Å². The van der Waals surface area contributed by atoms with Crippen LogP contribution >= 0.6 is 0 Å². The molecule has 22 heavy (non-hydrogen) atoms. The minimum absolute atomic E-state index is 0.0833. The Morgan fingerprint density at radius 1 is 1.36 bits per heavy atom. The van der Waals surface area contributed by atoms with Crippen molar-refractivity contribution >= 4 is 5.82 Å². The largest absolute Gasteiger partial charge is 0.439 e. The summed E-state index contributed by atoms with van der Waals surface area (Å²) in [4.78, 5) is 14.3. The Hall–Kier alpha value is -1.67. The smallest absolute Gasteiger partial charge is 0.414 e. The molecule has 1 aliphatic carbocycles. The second-order valence-corrected chi connectivity index (χ2v) is 6.18. The normalized spacial score (nSPS) is 31.4. The van der Waals surface area contributed by atoms with Crippen molar-refractivity contribution in [3.63, 3.8) is 0 Å². The fraction of sp³-hybridized carbons (Fsp3) is 0.786. The van der Waals surface area contributed by atoms with Crippen LogP contribution in [0.25, 0.3) is 0 Å². The second-order valence-electron chi connectivity index (χ2n) is 6.18. The second kappa shape index (κ2) is 5.51. The highest BCUT2D eigenvalue weighted by Gasteiger charge is 2.45. The van der Waals surface area contributed by atoms with Gasteiger partial charge >= 0.3 is 11.8 Å². The minimum Gasteiger partial charge on any atom is -0.439 e. The number of fused-ring (bicyclic) bond motifs is 1. The van der Waals surface area contributed by atoms with E-state index >= 15 is 0 Å². The molecule has 8 nitrogen and oxygen atoms in total. The first-order chi connectivity index (χ1) is 10.7. The molecule has 4 rings (SSSR count). The predicted octanol–water partition coefficient (Wildman–Crippen LogP) is 1.87. The SMILES string of the molecule is O=[N+]([O-])c1cn2c(n1)O[C@@H](C1CC1)[C@H](OC1CCCCO1)C2. The molecule has 0 amide bonds. The lowest BCUT2D eigenvalue weighted by atomic mass is 10.1. The maximum Gasteiger partial charge on any atom is 0.414 e. The number of aromatic nitrogens is 2. The lowest BCUT2D eigenvalue weighted by Gasteiger charge is -2.34. The molecule has 0 N–H and O–H groups in total. The highest BCUT2D eigenvalue weighted by molar-refractivity contribution is 5.22. The van der Waals surface area contributed by atoms with E-state index < -0.39 is 4.92 Å². The summed E-state index contributed by atoms with van der Waals surface area (Å²) in [6, 6.07) is 0.327. The van der Waals surface area contributed by atoms with E-state index in [9.17, 15) is 10.1 Å². The first kappa shape index (κ1) is 14.0. The van der Waals surface area contributed by atoms with Crippen LogP contribution < -0.4 is 4.74 Å². The van der Waals surface area contributed by atoms with Crippen LogP contribution in [0.4, 0.5) is 5.82 Å². The van der Waals surface area contributed by atoms with E-state index in [2.05, 4.69) is 4.98 Å². The highest BCUT2D eigenvalue weighted by Crippen LogP contribution is 2.40. The van der Waals surface area contributed by atoms with E-state index in [1.54, 1.807) is 4.57 Å². The number of hydrogen-bond acceptors (Lipinski definition) is 6. The fourth-order valence-electron chi connectivity index (χ4n) is 3.15. The topological polar surface area (TPSA) is 88.7 Å². The monoisotopic (exact) mass is 309 g/mol. The number of imidazole rings is 1. The van der Waals surface area contributed by atoms with Crippen molar-refractivity contribution in [2.45, 2.75) is 57.1 Å². The van der Waals surface area contributed by atoms with Gasteiger partial charge in [-0.1, -0.05) is 0 Å². The molecule has 8 heteroatoms. The summed E-state index contributed by atoms with van der Waals surface area (Å²) in [6.45, 7) is 1.26. The van der Waals surface area contributed by atoms with E-state index in [4.69, 9.17) is 14.2 Å². The van der Waals surface area contributed by atoms with Gasteiger partial charge < -0.3 is 24.3 Å². The quantitative estimate of drug-likeness (QED) is 0.623. The van der Waals surface area contributed by atoms with Crippen molar-refractivity contribution in [3.05, 3.63) is 16.3 Å². The van der Waals surface area contributed by atoms with E-state index in [1.165, 1.54) is 6.20 Å². The number of nitrogens with zero attached hydrogens (tertiary/aromatic N) is 3. The van der Waals surface area contributed by atoms with Gasteiger partial charge in [-0.25, -0.2) is 0 Å². The molecule has 2 fully saturated rings. The standard InChI is InChI=1S/C14H19N3O5/c18-17(19)11-8-16-7-10(21-12-3-1-2-6-20-12)13(9-4-5-9)22-14(16)15-11/h8-10,12-13H,1-7H2/t10-,12?,13+/m1/s1. The Balaban J connectivity index is 1.52. The number of rotatable bonds is 4. The third kappa shape index (κ3) is 2.68. The molecule has 1 unspecified atom stereocenters. The van der Waals surface area contributed by atoms with E-state index in [-0.39, 0.29) is 24.3 Å². The van der Waals surface area contributed by atoms with Gasteiger partial charge in [0, 0.05) is 11.6 Å². The van der Waals surface area contributed by atoms with Crippen LogP contribution in [0.3, 0.4) is 0 Å². The molecule has 0 spiro atoms. The van der Waals surface area contributed by atoms with Crippen LogP contribution in [-0.2, 0) is 16.0 Å². The molecule has 0 radical (unpaired) electrons. The summed E-state index contributed by atoms with van der Waals surface area (Å²) in [5.74, 6) is 0.275. The zero-order valence-corrected chi connectivity index (χ0v) is 12.2. The molecule has 1 saturated heterocycles. The highest BCUT2D eigenvalue weighted by atomic mass is 16.7. The van der Waals surface area contributed by atoms with Gasteiger partial charge in [0.05, 0.1) is 6.54 Å². The molecule has 2 aliphatic heterocycles. The summed E-state index contributed by atoms with van der Waals surface area (Å²) >= 11 is 0. The maximum absolute atomic E-state index is 10.9. The summed E-state index contributed by atoms with van der Waals surface area (Å²) in [5, 5.41) is 10.9. The lowest BCUT2D eigenvalue weighted by molar-refractivity contribution is -0.389. The molecule has 3 heterocycles. The third-order valence-corrected chi connectivity index (χ3v) is 4.45. The Labute approximate surface area is 127 Å². The minimum atomic E-state index is -0.499. The third-order valence-electron chi connectivity index (χ3n) is 4.45. The summed E-state index contributed by atoms with van der Waals surface area (Å²) in [5.41, 5.74) is 0. The van der Waals surface area contributed by atoms with Gasteiger partial charge in [-0.05, 0) is 42.9 Å². The number of hydrogen-bond donors (Lipinski definition) is 0. The molecule has 0 aromatic carbocycles. The molecular weight excluding hydrogens is 290 g/mol. The first-order valence-electron chi connectivity index (χ1n) is 7.86. The van der Waals surface area contributed by atoms with Crippen LogP contribution in [0, 0.1) is 16.0 Å². The van der Waals surface area contributed by atoms with Crippen molar-refractivity contribution in [3.8, 4) is 6.01 Å². The zero-order chi connectivity index (χ0) is 15.1. The molecule has 1 saturated carbocycles. The molecule has 3 atom stereocenters. The first-order valence-corrected chi connectivity index (χ1v) is 7.86. The van der Waals surface area contributed by atoms with Crippen molar-refractivity contribution in [2.75, 3.05) is 6.61 Å². The number of nitro groups is 1. The molecule has 0 bridgehead atoms. The Morgan fingerprint density at radius 2 is 2.23 bits per heavy atom. The predicted molar refractivity (Wildman–Crippen MR) is 74.5 cm³/mol.